The highest BCUT2D eigenvalue weighted by Gasteiger charge is 2.37. The second kappa shape index (κ2) is 6.23. The van der Waals surface area contributed by atoms with Crippen molar-refractivity contribution in [2.75, 3.05) is 13.1 Å². The molecule has 0 bridgehead atoms. The maximum absolute atomic E-state index is 13.5. The van der Waals surface area contributed by atoms with Gasteiger partial charge in [0.1, 0.15) is 12.8 Å². The second-order valence-electron chi connectivity index (χ2n) is 4.52. The number of likely N-dealkylation sites (tertiary alicyclic amines) is 1. The molecule has 1 aliphatic heterocycles. The van der Waals surface area contributed by atoms with Gasteiger partial charge in [0.05, 0.1) is 12.6 Å². The quantitative estimate of drug-likeness (QED) is 0.883. The van der Waals surface area contributed by atoms with Crippen LogP contribution < -0.4 is 5.32 Å². The predicted molar refractivity (Wildman–Crippen MR) is 68.0 cm³/mol. The molecule has 1 fully saturated rings. The number of ether oxygens (including phenoxy) is 1. The maximum Gasteiger partial charge on any atom is 0.410 e. The third-order valence-corrected chi connectivity index (χ3v) is 3.02. The lowest BCUT2D eigenvalue weighted by atomic mass is 10.2. The van der Waals surface area contributed by atoms with Gasteiger partial charge in [-0.25, -0.2) is 14.0 Å². The van der Waals surface area contributed by atoms with E-state index in [1.54, 1.807) is 0 Å². The Bertz CT molecular complexity index is 483. The minimum Gasteiger partial charge on any atom is -0.465 e. The van der Waals surface area contributed by atoms with Crippen LogP contribution in [0.25, 0.3) is 0 Å². The van der Waals surface area contributed by atoms with Crippen LogP contribution in [0.3, 0.4) is 0 Å². The largest absolute Gasteiger partial charge is 0.465 e. The molecule has 6 nitrogen and oxygen atoms in total. The van der Waals surface area contributed by atoms with Gasteiger partial charge in [-0.2, -0.15) is 0 Å². The Morgan fingerprint density at radius 3 is 2.70 bits per heavy atom. The number of rotatable bonds is 3. The van der Waals surface area contributed by atoms with Crippen molar-refractivity contribution in [2.24, 2.45) is 0 Å². The molecule has 0 aliphatic carbocycles. The number of benzene rings is 1. The molecule has 0 saturated carbocycles. The second-order valence-corrected chi connectivity index (χ2v) is 4.52. The molecule has 1 saturated heterocycles. The zero-order valence-electron chi connectivity index (χ0n) is 10.7. The maximum atomic E-state index is 13.5. The van der Waals surface area contributed by atoms with Gasteiger partial charge in [0.15, 0.2) is 0 Å². The molecular formula is C13H15FN2O4. The number of hydrogen-bond acceptors (Lipinski definition) is 3. The smallest absolute Gasteiger partial charge is 0.410 e. The number of carbonyl (C=O) groups is 2. The fraction of sp³-hybridized carbons (Fsp3) is 0.385. The van der Waals surface area contributed by atoms with E-state index < -0.39 is 24.4 Å². The third kappa shape index (κ3) is 3.59. The highest BCUT2D eigenvalue weighted by Crippen LogP contribution is 2.15. The zero-order chi connectivity index (χ0) is 14.5. The summed E-state index contributed by atoms with van der Waals surface area (Å²) in [7, 11) is 0. The van der Waals surface area contributed by atoms with Gasteiger partial charge >= 0.3 is 12.2 Å². The predicted octanol–water partition coefficient (Wildman–Crippen LogP) is 1.61. The number of carboxylic acid groups (broad SMARTS) is 1. The van der Waals surface area contributed by atoms with Crippen molar-refractivity contribution in [1.29, 1.82) is 0 Å². The first-order valence-corrected chi connectivity index (χ1v) is 6.15. The Labute approximate surface area is 115 Å². The highest BCUT2D eigenvalue weighted by atomic mass is 19.1. The van der Waals surface area contributed by atoms with Crippen LogP contribution in [0.15, 0.2) is 30.3 Å². The van der Waals surface area contributed by atoms with E-state index in [2.05, 4.69) is 0 Å². The molecule has 0 spiro atoms. The van der Waals surface area contributed by atoms with Crippen molar-refractivity contribution in [3.63, 3.8) is 0 Å². The van der Waals surface area contributed by atoms with E-state index in [1.165, 1.54) is 0 Å². The number of hydrogen-bond donors (Lipinski definition) is 2. The van der Waals surface area contributed by atoms with Crippen molar-refractivity contribution in [1.82, 2.24) is 10.2 Å². The minimum absolute atomic E-state index is 0.0267. The van der Waals surface area contributed by atoms with Crippen LogP contribution in [-0.4, -0.2) is 47.5 Å². The van der Waals surface area contributed by atoms with Crippen LogP contribution >= 0.6 is 0 Å². The molecule has 2 atom stereocenters. The van der Waals surface area contributed by atoms with Crippen LogP contribution in [-0.2, 0) is 11.3 Å². The number of alkyl halides is 1. The molecule has 0 unspecified atom stereocenters. The fourth-order valence-electron chi connectivity index (χ4n) is 2.02. The molecule has 1 aliphatic rings. The van der Waals surface area contributed by atoms with Crippen molar-refractivity contribution in [3.05, 3.63) is 35.9 Å². The summed E-state index contributed by atoms with van der Waals surface area (Å²) in [6.45, 7) is -0.0934. The van der Waals surface area contributed by atoms with E-state index in [0.717, 1.165) is 10.5 Å². The van der Waals surface area contributed by atoms with Gasteiger partial charge in [-0.05, 0) is 5.56 Å². The lowest BCUT2D eigenvalue weighted by Crippen LogP contribution is -2.41. The van der Waals surface area contributed by atoms with E-state index in [4.69, 9.17) is 9.84 Å². The van der Waals surface area contributed by atoms with E-state index in [0.29, 0.717) is 0 Å². The molecule has 108 valence electrons. The Balaban J connectivity index is 1.83. The van der Waals surface area contributed by atoms with Crippen molar-refractivity contribution in [3.8, 4) is 0 Å². The average molecular weight is 282 g/mol. The molecule has 2 N–H and O–H groups in total. The van der Waals surface area contributed by atoms with Gasteiger partial charge in [0, 0.05) is 6.54 Å². The van der Waals surface area contributed by atoms with Gasteiger partial charge in [0.2, 0.25) is 0 Å². The summed E-state index contributed by atoms with van der Waals surface area (Å²) in [5.41, 5.74) is 0.831. The van der Waals surface area contributed by atoms with Crippen molar-refractivity contribution < 1.29 is 23.8 Å². The first-order chi connectivity index (χ1) is 9.56. The van der Waals surface area contributed by atoms with Gasteiger partial charge in [-0.1, -0.05) is 30.3 Å². The summed E-state index contributed by atoms with van der Waals surface area (Å²) in [6.07, 6.45) is -3.38. The van der Waals surface area contributed by atoms with Crippen molar-refractivity contribution >= 4 is 12.2 Å². The summed E-state index contributed by atoms with van der Waals surface area (Å²) in [5.74, 6) is 0. The normalized spacial score (nSPS) is 21.6. The fourth-order valence-corrected chi connectivity index (χ4v) is 2.02. The molecule has 0 aromatic heterocycles. The number of nitrogens with one attached hydrogen (secondary N) is 1. The van der Waals surface area contributed by atoms with Gasteiger partial charge in [-0.15, -0.1) is 0 Å². The minimum atomic E-state index is -1.42. The summed E-state index contributed by atoms with van der Waals surface area (Å²) in [4.78, 5) is 23.4. The summed E-state index contributed by atoms with van der Waals surface area (Å²) in [5, 5.41) is 10.6. The standard InChI is InChI=1S/C13H15FN2O4/c14-10-6-16(7-11(10)15-12(17)18)13(19)20-8-9-4-2-1-3-5-9/h1-5,10-11,15H,6-8H2,(H,17,18)/t10-,11+/m1/s1. The first kappa shape index (κ1) is 14.1. The number of halogens is 1. The van der Waals surface area contributed by atoms with Crippen LogP contribution in [0, 0.1) is 0 Å². The Hall–Kier alpha value is -2.31. The lowest BCUT2D eigenvalue weighted by molar-refractivity contribution is 0.102. The zero-order valence-corrected chi connectivity index (χ0v) is 10.7. The van der Waals surface area contributed by atoms with Crippen LogP contribution in [0.4, 0.5) is 14.0 Å². The van der Waals surface area contributed by atoms with Gasteiger partial charge in [0.25, 0.3) is 0 Å². The number of amides is 2. The summed E-state index contributed by atoms with van der Waals surface area (Å²) in [6, 6.07) is 8.21. The molecule has 7 heteroatoms. The number of carbonyl (C=O) groups excluding carboxylic acids is 1. The lowest BCUT2D eigenvalue weighted by Gasteiger charge is -2.15. The topological polar surface area (TPSA) is 78.9 Å². The highest BCUT2D eigenvalue weighted by molar-refractivity contribution is 5.69. The van der Waals surface area contributed by atoms with E-state index in [-0.39, 0.29) is 19.7 Å². The molecule has 0 radical (unpaired) electrons. The van der Waals surface area contributed by atoms with E-state index in [9.17, 15) is 14.0 Å². The molecule has 1 aromatic rings. The molecular weight excluding hydrogens is 267 g/mol. The number of nitrogens with zero attached hydrogens (tertiary/aromatic N) is 1. The third-order valence-electron chi connectivity index (χ3n) is 3.02. The molecule has 1 heterocycles. The SMILES string of the molecule is O=C(O)N[C@H]1CN(C(=O)OCc2ccccc2)C[C@H]1F. The Kier molecular flexibility index (Phi) is 4.39. The Morgan fingerprint density at radius 1 is 1.35 bits per heavy atom. The molecule has 2 rings (SSSR count). The van der Waals surface area contributed by atoms with Crippen molar-refractivity contribution in [2.45, 2.75) is 18.8 Å². The summed E-state index contributed by atoms with van der Waals surface area (Å²) >= 11 is 0. The van der Waals surface area contributed by atoms with Crippen LogP contribution in [0.5, 0.6) is 0 Å². The van der Waals surface area contributed by atoms with E-state index in [1.807, 2.05) is 35.6 Å². The molecule has 20 heavy (non-hydrogen) atoms. The van der Waals surface area contributed by atoms with E-state index >= 15 is 0 Å². The summed E-state index contributed by atoms with van der Waals surface area (Å²) < 4.78 is 18.6. The first-order valence-electron chi connectivity index (χ1n) is 6.15. The molecule has 2 amide bonds. The van der Waals surface area contributed by atoms with Gasteiger partial charge in [-0.3, -0.25) is 0 Å². The van der Waals surface area contributed by atoms with Gasteiger partial charge < -0.3 is 20.1 Å². The Morgan fingerprint density at radius 2 is 2.05 bits per heavy atom. The van der Waals surface area contributed by atoms with Crippen LogP contribution in [0.2, 0.25) is 0 Å². The molecule has 1 aromatic carbocycles. The average Bonchev–Trinajstić information content (AvgIpc) is 2.78. The monoisotopic (exact) mass is 282 g/mol. The van der Waals surface area contributed by atoms with Crippen LogP contribution in [0.1, 0.15) is 5.56 Å².